The van der Waals surface area contributed by atoms with E-state index >= 15 is 0 Å². The number of thiophene rings is 1. The third-order valence-electron chi connectivity index (χ3n) is 4.67. The smallest absolute Gasteiger partial charge is 0.261 e. The van der Waals surface area contributed by atoms with Gasteiger partial charge in [0, 0.05) is 51.7 Å². The van der Waals surface area contributed by atoms with Gasteiger partial charge in [-0.05, 0) is 24.4 Å². The van der Waals surface area contributed by atoms with Crippen LogP contribution in [-0.4, -0.2) is 74.0 Å². The molecule has 1 fully saturated rings. The number of piperazine rings is 1. The first kappa shape index (κ1) is 19.9. The Morgan fingerprint density at radius 3 is 2.52 bits per heavy atom. The average Bonchev–Trinajstić information content (AvgIpc) is 3.11. The molecule has 7 heteroatoms. The first-order valence-electron chi connectivity index (χ1n) is 8.98. The van der Waals surface area contributed by atoms with Crippen LogP contribution in [0.5, 0.6) is 0 Å². The fourth-order valence-corrected chi connectivity index (χ4v) is 3.67. The molecule has 1 atom stereocenters. The molecule has 0 aliphatic carbocycles. The highest BCUT2D eigenvalue weighted by Crippen LogP contribution is 2.13. The number of nitrogens with one attached hydrogen (secondary N) is 2. The van der Waals surface area contributed by atoms with Crippen LogP contribution in [0.4, 0.5) is 0 Å². The first-order chi connectivity index (χ1) is 12.0. The molecule has 2 heterocycles. The number of carbonyl (C=O) groups excluding carboxylic acids is 2. The zero-order valence-corrected chi connectivity index (χ0v) is 16.3. The molecule has 2 N–H and O–H groups in total. The number of nitrogens with zero attached hydrogens (tertiary/aromatic N) is 2. The Morgan fingerprint density at radius 1 is 1.20 bits per heavy atom. The Morgan fingerprint density at radius 2 is 1.92 bits per heavy atom. The van der Waals surface area contributed by atoms with Crippen molar-refractivity contribution in [3.05, 3.63) is 22.4 Å². The van der Waals surface area contributed by atoms with E-state index in [0.29, 0.717) is 36.3 Å². The van der Waals surface area contributed by atoms with Gasteiger partial charge in [-0.3, -0.25) is 14.5 Å². The molecule has 0 aromatic carbocycles. The third-order valence-corrected chi connectivity index (χ3v) is 5.54. The van der Waals surface area contributed by atoms with Crippen LogP contribution in [0.2, 0.25) is 0 Å². The van der Waals surface area contributed by atoms with Crippen LogP contribution in [-0.2, 0) is 4.79 Å². The molecule has 2 amide bonds. The summed E-state index contributed by atoms with van der Waals surface area (Å²) in [5.74, 6) is 0.369. The van der Waals surface area contributed by atoms with Crippen molar-refractivity contribution in [3.8, 4) is 0 Å². The summed E-state index contributed by atoms with van der Waals surface area (Å²) >= 11 is 1.40. The quantitative estimate of drug-likeness (QED) is 0.727. The highest BCUT2D eigenvalue weighted by atomic mass is 32.1. The van der Waals surface area contributed by atoms with Crippen molar-refractivity contribution in [1.82, 2.24) is 20.4 Å². The van der Waals surface area contributed by atoms with E-state index in [1.165, 1.54) is 11.3 Å². The second-order valence-corrected chi connectivity index (χ2v) is 7.89. The number of amides is 2. The van der Waals surface area contributed by atoms with Gasteiger partial charge in [-0.15, -0.1) is 11.3 Å². The van der Waals surface area contributed by atoms with Gasteiger partial charge in [-0.1, -0.05) is 19.9 Å². The number of likely N-dealkylation sites (N-methyl/N-ethyl adjacent to an activating group) is 1. The summed E-state index contributed by atoms with van der Waals surface area (Å²) in [4.78, 5) is 29.4. The molecule has 1 aromatic rings. The van der Waals surface area contributed by atoms with E-state index in [0.717, 1.165) is 26.2 Å². The van der Waals surface area contributed by atoms with E-state index in [1.54, 1.807) is 6.07 Å². The third kappa shape index (κ3) is 6.41. The largest absolute Gasteiger partial charge is 0.354 e. The standard InChI is InChI=1S/C18H30N4O2S/c1-14(2)15(22-10-8-21(3)9-11-22)13-20-17(23)6-7-19-18(24)16-5-4-12-25-16/h4-5,12,14-15H,6-11,13H2,1-3H3,(H,19,24)(H,20,23). The van der Waals surface area contributed by atoms with Crippen LogP contribution in [0, 0.1) is 5.92 Å². The summed E-state index contributed by atoms with van der Waals surface area (Å²) in [5.41, 5.74) is 0. The predicted molar refractivity (Wildman–Crippen MR) is 102 cm³/mol. The van der Waals surface area contributed by atoms with Gasteiger partial charge in [0.15, 0.2) is 0 Å². The average molecular weight is 367 g/mol. The maximum atomic E-state index is 12.1. The van der Waals surface area contributed by atoms with Crippen molar-refractivity contribution in [2.75, 3.05) is 46.3 Å². The summed E-state index contributed by atoms with van der Waals surface area (Å²) in [6.07, 6.45) is 0.310. The number of rotatable bonds is 8. The summed E-state index contributed by atoms with van der Waals surface area (Å²) in [6.45, 7) is 9.69. The van der Waals surface area contributed by atoms with E-state index in [-0.39, 0.29) is 11.8 Å². The Bertz CT molecular complexity index is 539. The van der Waals surface area contributed by atoms with E-state index in [2.05, 4.69) is 41.3 Å². The molecule has 1 saturated heterocycles. The van der Waals surface area contributed by atoms with Gasteiger partial charge in [-0.25, -0.2) is 0 Å². The van der Waals surface area contributed by atoms with Crippen LogP contribution in [0.15, 0.2) is 17.5 Å². The zero-order chi connectivity index (χ0) is 18.2. The summed E-state index contributed by atoms with van der Waals surface area (Å²) in [6, 6.07) is 3.98. The monoisotopic (exact) mass is 366 g/mol. The molecule has 6 nitrogen and oxygen atoms in total. The Balaban J connectivity index is 1.69. The van der Waals surface area contributed by atoms with Gasteiger partial charge in [0.2, 0.25) is 5.91 Å². The van der Waals surface area contributed by atoms with Crippen LogP contribution >= 0.6 is 11.3 Å². The van der Waals surface area contributed by atoms with E-state index in [1.807, 2.05) is 11.4 Å². The highest BCUT2D eigenvalue weighted by molar-refractivity contribution is 7.12. The molecule has 0 saturated carbocycles. The Hall–Kier alpha value is -1.44. The van der Waals surface area contributed by atoms with Crippen molar-refractivity contribution in [1.29, 1.82) is 0 Å². The van der Waals surface area contributed by atoms with Crippen molar-refractivity contribution in [2.45, 2.75) is 26.3 Å². The van der Waals surface area contributed by atoms with E-state index in [4.69, 9.17) is 0 Å². The molecular weight excluding hydrogens is 336 g/mol. The minimum absolute atomic E-state index is 0.00810. The maximum absolute atomic E-state index is 12.1. The van der Waals surface area contributed by atoms with Crippen LogP contribution in [0.3, 0.4) is 0 Å². The molecule has 1 unspecified atom stereocenters. The molecule has 0 radical (unpaired) electrons. The summed E-state index contributed by atoms with van der Waals surface area (Å²) in [5, 5.41) is 7.69. The van der Waals surface area contributed by atoms with Gasteiger partial charge in [0.25, 0.3) is 5.91 Å². The second kappa shape index (κ2) is 9.89. The van der Waals surface area contributed by atoms with Gasteiger partial charge in [0.1, 0.15) is 0 Å². The maximum Gasteiger partial charge on any atom is 0.261 e. The van der Waals surface area contributed by atoms with Crippen LogP contribution < -0.4 is 10.6 Å². The number of carbonyl (C=O) groups is 2. The van der Waals surface area contributed by atoms with Gasteiger partial charge < -0.3 is 15.5 Å². The molecule has 2 rings (SSSR count). The van der Waals surface area contributed by atoms with Crippen molar-refractivity contribution in [3.63, 3.8) is 0 Å². The van der Waals surface area contributed by atoms with Crippen molar-refractivity contribution in [2.24, 2.45) is 5.92 Å². The second-order valence-electron chi connectivity index (χ2n) is 6.94. The molecule has 25 heavy (non-hydrogen) atoms. The normalized spacial score (nSPS) is 17.4. The lowest BCUT2D eigenvalue weighted by Crippen LogP contribution is -2.54. The fourth-order valence-electron chi connectivity index (χ4n) is 3.03. The highest BCUT2D eigenvalue weighted by Gasteiger charge is 2.25. The zero-order valence-electron chi connectivity index (χ0n) is 15.5. The Labute approximate surface area is 154 Å². The summed E-state index contributed by atoms with van der Waals surface area (Å²) in [7, 11) is 2.15. The van der Waals surface area contributed by atoms with Crippen LogP contribution in [0.25, 0.3) is 0 Å². The fraction of sp³-hybridized carbons (Fsp3) is 0.667. The lowest BCUT2D eigenvalue weighted by Gasteiger charge is -2.39. The number of hydrogen-bond donors (Lipinski definition) is 2. The molecule has 0 spiro atoms. The minimum atomic E-state index is -0.111. The first-order valence-corrected chi connectivity index (χ1v) is 9.86. The molecule has 1 aliphatic heterocycles. The van der Waals surface area contributed by atoms with Gasteiger partial charge in [-0.2, -0.15) is 0 Å². The predicted octanol–water partition coefficient (Wildman–Crippen LogP) is 1.26. The molecule has 0 bridgehead atoms. The van der Waals surface area contributed by atoms with E-state index < -0.39 is 0 Å². The van der Waals surface area contributed by atoms with Crippen molar-refractivity contribution < 1.29 is 9.59 Å². The van der Waals surface area contributed by atoms with Crippen molar-refractivity contribution >= 4 is 23.2 Å². The number of hydrogen-bond acceptors (Lipinski definition) is 5. The molecule has 1 aliphatic rings. The Kier molecular flexibility index (Phi) is 7.87. The van der Waals surface area contributed by atoms with E-state index in [9.17, 15) is 9.59 Å². The molecule has 1 aromatic heterocycles. The lowest BCUT2D eigenvalue weighted by molar-refractivity contribution is -0.121. The van der Waals surface area contributed by atoms with Gasteiger partial charge in [0.05, 0.1) is 4.88 Å². The summed E-state index contributed by atoms with van der Waals surface area (Å²) < 4.78 is 0. The lowest BCUT2D eigenvalue weighted by atomic mass is 10.0. The SMILES string of the molecule is CC(C)C(CNC(=O)CCNC(=O)c1cccs1)N1CCN(C)CC1. The molecule has 140 valence electrons. The van der Waals surface area contributed by atoms with Gasteiger partial charge >= 0.3 is 0 Å². The van der Waals surface area contributed by atoms with Crippen LogP contribution in [0.1, 0.15) is 29.9 Å². The minimum Gasteiger partial charge on any atom is -0.354 e. The topological polar surface area (TPSA) is 64.7 Å². The molecular formula is C18H30N4O2S.